The van der Waals surface area contributed by atoms with E-state index in [-0.39, 0.29) is 11.9 Å². The van der Waals surface area contributed by atoms with Gasteiger partial charge in [0.15, 0.2) is 0 Å². The summed E-state index contributed by atoms with van der Waals surface area (Å²) in [6, 6.07) is 6.59. The molecule has 1 amide bonds. The van der Waals surface area contributed by atoms with Gasteiger partial charge in [-0.3, -0.25) is 9.00 Å². The van der Waals surface area contributed by atoms with Gasteiger partial charge in [-0.25, -0.2) is 4.79 Å². The van der Waals surface area contributed by atoms with E-state index in [9.17, 15) is 13.8 Å². The second kappa shape index (κ2) is 8.36. The monoisotopic (exact) mass is 309 g/mol. The third-order valence-electron chi connectivity index (χ3n) is 2.81. The van der Waals surface area contributed by atoms with E-state index in [0.29, 0.717) is 23.3 Å². The number of amides is 1. The van der Waals surface area contributed by atoms with Crippen LogP contribution in [0.2, 0.25) is 0 Å². The second-order valence-corrected chi connectivity index (χ2v) is 6.29. The predicted molar refractivity (Wildman–Crippen MR) is 83.6 cm³/mol. The van der Waals surface area contributed by atoms with Gasteiger partial charge in [0.05, 0.1) is 0 Å². The number of hydrogen-bond donors (Lipinski definition) is 2. The van der Waals surface area contributed by atoms with Gasteiger partial charge in [-0.05, 0) is 37.1 Å². The molecule has 0 aliphatic carbocycles. The summed E-state index contributed by atoms with van der Waals surface area (Å²) < 4.78 is 11.0. The summed E-state index contributed by atoms with van der Waals surface area (Å²) in [4.78, 5) is 22.4. The lowest BCUT2D eigenvalue weighted by Crippen LogP contribution is -2.33. The van der Waals surface area contributed by atoms with Crippen LogP contribution in [-0.2, 0) is 15.6 Å². The molecule has 0 aliphatic rings. The molecule has 1 aromatic rings. The molecule has 0 saturated heterocycles. The summed E-state index contributed by atoms with van der Waals surface area (Å²) >= 11 is 0. The van der Waals surface area contributed by atoms with E-state index in [4.69, 9.17) is 5.11 Å². The zero-order chi connectivity index (χ0) is 15.8. The SMILES string of the molecule is CC(CCS(C)=O)NC(=O)c1ccc(/C=C/C(=O)O)cc1. The molecule has 0 heterocycles. The van der Waals surface area contributed by atoms with Crippen LogP contribution >= 0.6 is 0 Å². The molecule has 114 valence electrons. The molecule has 2 unspecified atom stereocenters. The van der Waals surface area contributed by atoms with E-state index in [1.54, 1.807) is 30.5 Å². The molecule has 0 aliphatic heterocycles. The summed E-state index contributed by atoms with van der Waals surface area (Å²) in [5.74, 6) is -0.655. The lowest BCUT2D eigenvalue weighted by molar-refractivity contribution is -0.131. The Balaban J connectivity index is 2.58. The van der Waals surface area contributed by atoms with Crippen molar-refractivity contribution in [3.8, 4) is 0 Å². The average molecular weight is 309 g/mol. The number of hydrogen-bond acceptors (Lipinski definition) is 3. The Morgan fingerprint density at radius 1 is 1.33 bits per heavy atom. The van der Waals surface area contributed by atoms with Gasteiger partial charge >= 0.3 is 5.97 Å². The number of benzene rings is 1. The lowest BCUT2D eigenvalue weighted by atomic mass is 10.1. The molecule has 0 aromatic heterocycles. The summed E-state index contributed by atoms with van der Waals surface area (Å²) in [5, 5.41) is 11.4. The first kappa shape index (κ1) is 17.1. The Morgan fingerprint density at radius 3 is 2.48 bits per heavy atom. The van der Waals surface area contributed by atoms with Crippen molar-refractivity contribution < 1.29 is 18.9 Å². The maximum Gasteiger partial charge on any atom is 0.328 e. The Morgan fingerprint density at radius 2 is 1.95 bits per heavy atom. The quantitative estimate of drug-likeness (QED) is 0.751. The second-order valence-electron chi connectivity index (χ2n) is 4.73. The Labute approximate surface area is 126 Å². The van der Waals surface area contributed by atoms with Gasteiger partial charge in [-0.2, -0.15) is 0 Å². The molecular formula is C15H19NO4S. The largest absolute Gasteiger partial charge is 0.478 e. The van der Waals surface area contributed by atoms with Crippen molar-refractivity contribution in [1.82, 2.24) is 5.32 Å². The summed E-state index contributed by atoms with van der Waals surface area (Å²) in [7, 11) is -0.862. The molecule has 5 nitrogen and oxygen atoms in total. The zero-order valence-corrected chi connectivity index (χ0v) is 12.9. The highest BCUT2D eigenvalue weighted by atomic mass is 32.2. The van der Waals surface area contributed by atoms with Crippen molar-refractivity contribution in [2.24, 2.45) is 0 Å². The van der Waals surface area contributed by atoms with E-state index < -0.39 is 16.8 Å². The topological polar surface area (TPSA) is 83.5 Å². The third-order valence-corrected chi connectivity index (χ3v) is 3.62. The Bertz CT molecular complexity index is 551. The smallest absolute Gasteiger partial charge is 0.328 e. The number of nitrogens with one attached hydrogen (secondary N) is 1. The third kappa shape index (κ3) is 6.85. The Kier molecular flexibility index (Phi) is 6.81. The van der Waals surface area contributed by atoms with Gasteiger partial charge in [-0.1, -0.05) is 12.1 Å². The first-order valence-corrected chi connectivity index (χ1v) is 8.23. The number of carbonyl (C=O) groups is 2. The van der Waals surface area contributed by atoms with Crippen LogP contribution < -0.4 is 5.32 Å². The summed E-state index contributed by atoms with van der Waals surface area (Å²) in [6.07, 6.45) is 4.80. The van der Waals surface area contributed by atoms with E-state index in [1.165, 1.54) is 6.08 Å². The van der Waals surface area contributed by atoms with Gasteiger partial charge < -0.3 is 10.4 Å². The van der Waals surface area contributed by atoms with Crippen LogP contribution in [0.15, 0.2) is 30.3 Å². The molecule has 0 bridgehead atoms. The normalized spacial score (nSPS) is 13.8. The van der Waals surface area contributed by atoms with E-state index in [2.05, 4.69) is 5.32 Å². The molecule has 0 radical (unpaired) electrons. The van der Waals surface area contributed by atoms with Gasteiger partial charge in [-0.15, -0.1) is 0 Å². The van der Waals surface area contributed by atoms with E-state index in [1.807, 2.05) is 6.92 Å². The lowest BCUT2D eigenvalue weighted by Gasteiger charge is -2.13. The van der Waals surface area contributed by atoms with Gasteiger partial charge in [0.2, 0.25) is 0 Å². The molecule has 0 saturated carbocycles. The first-order valence-electron chi connectivity index (χ1n) is 6.50. The van der Waals surface area contributed by atoms with E-state index >= 15 is 0 Å². The number of rotatable bonds is 7. The highest BCUT2D eigenvalue weighted by Crippen LogP contribution is 2.07. The predicted octanol–water partition coefficient (Wildman–Crippen LogP) is 1.67. The molecule has 2 atom stereocenters. The van der Waals surface area contributed by atoms with Crippen molar-refractivity contribution in [1.29, 1.82) is 0 Å². The van der Waals surface area contributed by atoms with Crippen LogP contribution in [0.3, 0.4) is 0 Å². The number of carboxylic acids is 1. The van der Waals surface area contributed by atoms with Crippen LogP contribution in [0.5, 0.6) is 0 Å². The van der Waals surface area contributed by atoms with Crippen molar-refractivity contribution in [3.05, 3.63) is 41.5 Å². The highest BCUT2D eigenvalue weighted by Gasteiger charge is 2.09. The minimum atomic E-state index is -1.01. The number of carboxylic acid groups (broad SMARTS) is 1. The number of carbonyl (C=O) groups excluding carboxylic acids is 1. The maximum absolute atomic E-state index is 12.0. The standard InChI is InChI=1S/C15H19NO4S/c1-11(9-10-21(2)20)16-15(19)13-6-3-12(4-7-13)5-8-14(17)18/h3-8,11H,9-10H2,1-2H3,(H,16,19)(H,17,18)/b8-5+. The van der Waals surface area contributed by atoms with Gasteiger partial charge in [0.25, 0.3) is 5.91 Å². The fourth-order valence-corrected chi connectivity index (χ4v) is 2.32. The molecule has 0 fully saturated rings. The molecule has 1 rings (SSSR count). The van der Waals surface area contributed by atoms with E-state index in [0.717, 1.165) is 6.08 Å². The Hall–Kier alpha value is -1.95. The van der Waals surface area contributed by atoms with Crippen LogP contribution in [-0.4, -0.2) is 39.2 Å². The van der Waals surface area contributed by atoms with Crippen LogP contribution in [0.4, 0.5) is 0 Å². The molecular weight excluding hydrogens is 290 g/mol. The van der Waals surface area contributed by atoms with Gasteiger partial charge in [0, 0.05) is 40.5 Å². The molecule has 0 spiro atoms. The minimum absolute atomic E-state index is 0.0482. The molecule has 2 N–H and O–H groups in total. The summed E-state index contributed by atoms with van der Waals surface area (Å²) in [6.45, 7) is 1.87. The van der Waals surface area contributed by atoms with Crippen molar-refractivity contribution in [2.75, 3.05) is 12.0 Å². The first-order chi connectivity index (χ1) is 9.88. The van der Waals surface area contributed by atoms with Crippen LogP contribution in [0.1, 0.15) is 29.3 Å². The fraction of sp³-hybridized carbons (Fsp3) is 0.333. The highest BCUT2D eigenvalue weighted by molar-refractivity contribution is 7.84. The molecule has 1 aromatic carbocycles. The molecule has 21 heavy (non-hydrogen) atoms. The van der Waals surface area contributed by atoms with Crippen LogP contribution in [0, 0.1) is 0 Å². The zero-order valence-electron chi connectivity index (χ0n) is 12.0. The van der Waals surface area contributed by atoms with Crippen molar-refractivity contribution in [3.63, 3.8) is 0 Å². The molecule has 6 heteroatoms. The average Bonchev–Trinajstić information content (AvgIpc) is 2.43. The number of aliphatic carboxylic acids is 1. The fourth-order valence-electron chi connectivity index (χ4n) is 1.64. The van der Waals surface area contributed by atoms with Crippen molar-refractivity contribution >= 4 is 28.8 Å². The van der Waals surface area contributed by atoms with Crippen LogP contribution in [0.25, 0.3) is 6.08 Å². The minimum Gasteiger partial charge on any atom is -0.478 e. The van der Waals surface area contributed by atoms with Gasteiger partial charge in [0.1, 0.15) is 0 Å². The maximum atomic E-state index is 12.0. The van der Waals surface area contributed by atoms with Crippen molar-refractivity contribution in [2.45, 2.75) is 19.4 Å². The summed E-state index contributed by atoms with van der Waals surface area (Å²) in [5.41, 5.74) is 1.22.